The van der Waals surface area contributed by atoms with Gasteiger partial charge in [0.1, 0.15) is 5.82 Å². The Bertz CT molecular complexity index is 1350. The maximum absolute atomic E-state index is 15.5. The lowest BCUT2D eigenvalue weighted by Gasteiger charge is -2.25. The van der Waals surface area contributed by atoms with Crippen LogP contribution < -0.4 is 11.3 Å². The minimum absolute atomic E-state index is 0.0508. The van der Waals surface area contributed by atoms with E-state index in [-0.39, 0.29) is 23.8 Å². The molecule has 4 nitrogen and oxygen atoms in total. The summed E-state index contributed by atoms with van der Waals surface area (Å²) >= 11 is 0. The van der Waals surface area contributed by atoms with Gasteiger partial charge in [-0.3, -0.25) is 4.79 Å². The average molecular weight is 401 g/mol. The smallest absolute Gasteiger partial charge is 0.254 e. The molecule has 3 aliphatic rings. The summed E-state index contributed by atoms with van der Waals surface area (Å²) in [5, 5.41) is 0.546. The second kappa shape index (κ2) is 6.11. The summed E-state index contributed by atoms with van der Waals surface area (Å²) < 4.78 is 17.3. The number of rotatable bonds is 1. The fourth-order valence-electron chi connectivity index (χ4n) is 5.72. The Morgan fingerprint density at radius 2 is 2.03 bits per heavy atom. The molecule has 3 aromatic rings. The Kier molecular flexibility index (Phi) is 3.67. The molecular weight excluding hydrogens is 377 g/mol. The molecule has 0 radical (unpaired) electrons. The number of hydrogen-bond donors (Lipinski definition) is 1. The van der Waals surface area contributed by atoms with Gasteiger partial charge in [0.15, 0.2) is 0 Å². The van der Waals surface area contributed by atoms with Gasteiger partial charge < -0.3 is 10.3 Å². The van der Waals surface area contributed by atoms with E-state index in [1.165, 1.54) is 0 Å². The van der Waals surface area contributed by atoms with Crippen molar-refractivity contribution in [1.29, 1.82) is 0 Å². The van der Waals surface area contributed by atoms with Crippen LogP contribution in [0.2, 0.25) is 0 Å². The van der Waals surface area contributed by atoms with Gasteiger partial charge in [-0.05, 0) is 66.5 Å². The van der Waals surface area contributed by atoms with E-state index < -0.39 is 0 Å². The van der Waals surface area contributed by atoms with Crippen LogP contribution in [0.15, 0.2) is 29.1 Å². The standard InChI is InChI=1S/C25H24FN3O/c1-12-6-7-16-17(13(12)2)9-21-24-19(11-29(21)25(16)30)18(10-27)22-20(28-24)8-14-4-3-5-15(14)23(22)26/h8-9,13H,1,3-7,10-11,27H2,2H3. The zero-order chi connectivity index (χ0) is 20.7. The van der Waals surface area contributed by atoms with Crippen LogP contribution in [0, 0.1) is 5.82 Å². The molecule has 5 heteroatoms. The maximum Gasteiger partial charge on any atom is 0.254 e. The molecule has 0 amide bonds. The highest BCUT2D eigenvalue weighted by Gasteiger charge is 2.32. The van der Waals surface area contributed by atoms with Gasteiger partial charge in [-0.1, -0.05) is 19.1 Å². The molecule has 1 atom stereocenters. The molecule has 1 aliphatic heterocycles. The molecule has 0 saturated carbocycles. The number of nitrogens with zero attached hydrogens (tertiary/aromatic N) is 2. The highest BCUT2D eigenvalue weighted by molar-refractivity contribution is 5.90. The lowest BCUT2D eigenvalue weighted by Crippen LogP contribution is -2.28. The topological polar surface area (TPSA) is 60.9 Å². The minimum atomic E-state index is -0.164. The van der Waals surface area contributed by atoms with Crippen molar-refractivity contribution in [2.75, 3.05) is 0 Å². The number of pyridine rings is 2. The Morgan fingerprint density at radius 3 is 2.83 bits per heavy atom. The summed E-state index contributed by atoms with van der Waals surface area (Å²) in [5.41, 5.74) is 15.1. The molecule has 0 bridgehead atoms. The molecule has 1 aromatic carbocycles. The predicted molar refractivity (Wildman–Crippen MR) is 116 cm³/mol. The van der Waals surface area contributed by atoms with Crippen LogP contribution in [0.1, 0.15) is 59.1 Å². The summed E-state index contributed by atoms with van der Waals surface area (Å²) in [6, 6.07) is 4.14. The first kappa shape index (κ1) is 18.0. The van der Waals surface area contributed by atoms with Gasteiger partial charge in [0, 0.05) is 29.0 Å². The normalized spacial score (nSPS) is 19.0. The van der Waals surface area contributed by atoms with E-state index in [4.69, 9.17) is 10.7 Å². The monoisotopic (exact) mass is 401 g/mol. The van der Waals surface area contributed by atoms with Crippen molar-refractivity contribution in [3.63, 3.8) is 0 Å². The van der Waals surface area contributed by atoms with Gasteiger partial charge in [0.2, 0.25) is 0 Å². The number of allylic oxidation sites excluding steroid dienone is 1. The number of halogens is 1. The lowest BCUT2D eigenvalue weighted by molar-refractivity contribution is 0.623. The Hall–Kier alpha value is -2.79. The molecule has 0 spiro atoms. The molecule has 3 heterocycles. The molecule has 30 heavy (non-hydrogen) atoms. The van der Waals surface area contributed by atoms with Crippen LogP contribution in [0.25, 0.3) is 22.3 Å². The summed E-state index contributed by atoms with van der Waals surface area (Å²) in [4.78, 5) is 18.3. The SMILES string of the molecule is C=C1CCc2c(cc3n(c2=O)Cc2c-3nc3cc4c(c(F)c3c2CN)CCC4)C1C. The number of aryl methyl sites for hydroxylation is 1. The molecule has 2 aliphatic carbocycles. The molecule has 0 fully saturated rings. The minimum Gasteiger partial charge on any atom is -0.326 e. The molecule has 2 aromatic heterocycles. The van der Waals surface area contributed by atoms with E-state index in [9.17, 15) is 4.79 Å². The highest BCUT2D eigenvalue weighted by Crippen LogP contribution is 2.41. The first-order chi connectivity index (χ1) is 14.5. The van der Waals surface area contributed by atoms with Crippen LogP contribution in [0.5, 0.6) is 0 Å². The van der Waals surface area contributed by atoms with Crippen molar-refractivity contribution in [2.45, 2.75) is 58.0 Å². The number of nitrogens with two attached hydrogens (primary N) is 1. The van der Waals surface area contributed by atoms with Gasteiger partial charge in [-0.2, -0.15) is 0 Å². The Balaban J connectivity index is 1.67. The first-order valence-electron chi connectivity index (χ1n) is 10.8. The van der Waals surface area contributed by atoms with Crippen molar-refractivity contribution in [2.24, 2.45) is 5.73 Å². The molecule has 2 N–H and O–H groups in total. The maximum atomic E-state index is 15.5. The Labute approximate surface area is 174 Å². The summed E-state index contributed by atoms with van der Waals surface area (Å²) in [5.74, 6) is -0.00480. The van der Waals surface area contributed by atoms with E-state index in [0.29, 0.717) is 17.4 Å². The highest BCUT2D eigenvalue weighted by atomic mass is 19.1. The van der Waals surface area contributed by atoms with Gasteiger partial charge in [0.25, 0.3) is 5.56 Å². The van der Waals surface area contributed by atoms with Crippen LogP contribution >= 0.6 is 0 Å². The largest absolute Gasteiger partial charge is 0.326 e. The van der Waals surface area contributed by atoms with Gasteiger partial charge in [-0.15, -0.1) is 0 Å². The van der Waals surface area contributed by atoms with E-state index in [2.05, 4.69) is 19.6 Å². The van der Waals surface area contributed by atoms with E-state index in [0.717, 1.165) is 82.4 Å². The number of hydrogen-bond acceptors (Lipinski definition) is 3. The van der Waals surface area contributed by atoms with Crippen molar-refractivity contribution in [1.82, 2.24) is 9.55 Å². The third kappa shape index (κ3) is 2.19. The number of fused-ring (bicyclic) bond motifs is 6. The summed E-state index contributed by atoms with van der Waals surface area (Å²) in [7, 11) is 0. The molecular formula is C25H24FN3O. The zero-order valence-electron chi connectivity index (χ0n) is 17.1. The van der Waals surface area contributed by atoms with Crippen LogP contribution in [-0.4, -0.2) is 9.55 Å². The van der Waals surface area contributed by atoms with Crippen LogP contribution in [0.4, 0.5) is 4.39 Å². The second-order valence-electron chi connectivity index (χ2n) is 8.93. The van der Waals surface area contributed by atoms with Crippen molar-refractivity contribution in [3.05, 3.63) is 73.8 Å². The third-order valence-electron chi connectivity index (χ3n) is 7.47. The van der Waals surface area contributed by atoms with E-state index in [1.807, 2.05) is 6.07 Å². The fraction of sp³-hybridized carbons (Fsp3) is 0.360. The zero-order valence-corrected chi connectivity index (χ0v) is 17.1. The Morgan fingerprint density at radius 1 is 1.20 bits per heavy atom. The second-order valence-corrected chi connectivity index (χ2v) is 8.93. The average Bonchev–Trinajstić information content (AvgIpc) is 3.35. The lowest BCUT2D eigenvalue weighted by atomic mass is 9.81. The van der Waals surface area contributed by atoms with Crippen LogP contribution in [0.3, 0.4) is 0 Å². The van der Waals surface area contributed by atoms with Crippen LogP contribution in [-0.2, 0) is 32.4 Å². The van der Waals surface area contributed by atoms with E-state index >= 15 is 4.39 Å². The summed E-state index contributed by atoms with van der Waals surface area (Å²) in [6.07, 6.45) is 4.22. The fourth-order valence-corrected chi connectivity index (χ4v) is 5.72. The first-order valence-corrected chi connectivity index (χ1v) is 10.8. The van der Waals surface area contributed by atoms with Gasteiger partial charge in [0.05, 0.1) is 23.4 Å². The van der Waals surface area contributed by atoms with Crippen molar-refractivity contribution < 1.29 is 4.39 Å². The predicted octanol–water partition coefficient (Wildman–Crippen LogP) is 4.12. The summed E-state index contributed by atoms with van der Waals surface area (Å²) in [6.45, 7) is 6.95. The molecule has 0 saturated heterocycles. The quantitative estimate of drug-likeness (QED) is 0.488. The van der Waals surface area contributed by atoms with Crippen molar-refractivity contribution in [3.8, 4) is 11.4 Å². The number of benzene rings is 1. The number of aromatic nitrogens is 2. The van der Waals surface area contributed by atoms with E-state index in [1.54, 1.807) is 4.57 Å². The third-order valence-corrected chi connectivity index (χ3v) is 7.47. The van der Waals surface area contributed by atoms with Gasteiger partial charge in [-0.25, -0.2) is 9.37 Å². The molecule has 6 rings (SSSR count). The van der Waals surface area contributed by atoms with Crippen molar-refractivity contribution >= 4 is 10.9 Å². The molecule has 152 valence electrons. The van der Waals surface area contributed by atoms with Gasteiger partial charge >= 0.3 is 0 Å². The molecule has 1 unspecified atom stereocenters.